The molecule has 2 aliphatic carbocycles. The molecule has 0 saturated carbocycles. The largest absolute Gasteiger partial charge is 0.358 e. The van der Waals surface area contributed by atoms with Crippen molar-refractivity contribution in [3.8, 4) is 16.8 Å². The summed E-state index contributed by atoms with van der Waals surface area (Å²) in [6, 6.07) is 69.7. The predicted octanol–water partition coefficient (Wildman–Crippen LogP) is 16.3. The van der Waals surface area contributed by atoms with Gasteiger partial charge in [0.25, 0.3) is 0 Å². The molecule has 12 aromatic rings. The number of hydrogen-bond donors (Lipinski definition) is 1. The fourth-order valence-corrected chi connectivity index (χ4v) is 12.3. The average Bonchev–Trinajstić information content (AvgIpc) is 3.91. The minimum absolute atomic E-state index is 0.151. The van der Waals surface area contributed by atoms with Crippen LogP contribution < -0.4 is 5.32 Å². The SMILES string of the molecule is C1=CC2CCC(C3=Nc4ccccc4NC3n3c4cccc5c6ccccc6c6cccc7c6c6c(c54)c3ccc6n7-c3cc(-c4ccccc4)c4ccccc4c3)C=C2c2ccccc21. The molecule has 3 atom stereocenters. The van der Waals surface area contributed by atoms with E-state index in [4.69, 9.17) is 4.99 Å². The summed E-state index contributed by atoms with van der Waals surface area (Å²) in [4.78, 5) is 5.68. The first-order valence-corrected chi connectivity index (χ1v) is 23.4. The topological polar surface area (TPSA) is 34.2 Å². The third kappa shape index (κ3) is 5.01. The van der Waals surface area contributed by atoms with Crippen molar-refractivity contribution in [3.63, 3.8) is 0 Å². The second-order valence-corrected chi connectivity index (χ2v) is 18.5. The average molecular weight is 843 g/mol. The van der Waals surface area contributed by atoms with Gasteiger partial charge in [-0.15, -0.1) is 0 Å². The van der Waals surface area contributed by atoms with Crippen LogP contribution in [0.3, 0.4) is 0 Å². The summed E-state index contributed by atoms with van der Waals surface area (Å²) in [5, 5.41) is 16.8. The van der Waals surface area contributed by atoms with Gasteiger partial charge in [0.15, 0.2) is 0 Å². The Morgan fingerprint density at radius 1 is 0.485 bits per heavy atom. The molecule has 15 rings (SSSR count). The summed E-state index contributed by atoms with van der Waals surface area (Å²) in [6.45, 7) is 0. The quantitative estimate of drug-likeness (QED) is 0.188. The van der Waals surface area contributed by atoms with E-state index in [1.807, 2.05) is 0 Å². The van der Waals surface area contributed by atoms with Crippen LogP contribution >= 0.6 is 0 Å². The minimum atomic E-state index is -0.224. The molecule has 0 spiro atoms. The lowest BCUT2D eigenvalue weighted by molar-refractivity contribution is 0.573. The smallest absolute Gasteiger partial charge is 0.144 e. The summed E-state index contributed by atoms with van der Waals surface area (Å²) in [6.07, 6.45) is 9.20. The molecule has 1 aliphatic heterocycles. The van der Waals surface area contributed by atoms with Crippen LogP contribution in [0.2, 0.25) is 0 Å². The van der Waals surface area contributed by atoms with E-state index in [2.05, 4.69) is 221 Å². The Bertz CT molecular complexity index is 4100. The third-order valence-corrected chi connectivity index (χ3v) is 15.2. The molecule has 66 heavy (non-hydrogen) atoms. The van der Waals surface area contributed by atoms with E-state index in [0.29, 0.717) is 5.92 Å². The van der Waals surface area contributed by atoms with Crippen molar-refractivity contribution in [2.75, 3.05) is 5.32 Å². The van der Waals surface area contributed by atoms with Gasteiger partial charge in [-0.05, 0) is 122 Å². The highest BCUT2D eigenvalue weighted by Crippen LogP contribution is 2.50. The van der Waals surface area contributed by atoms with Gasteiger partial charge >= 0.3 is 0 Å². The van der Waals surface area contributed by atoms with E-state index >= 15 is 0 Å². The van der Waals surface area contributed by atoms with Gasteiger partial charge in [-0.3, -0.25) is 4.99 Å². The van der Waals surface area contributed by atoms with Gasteiger partial charge < -0.3 is 14.5 Å². The van der Waals surface area contributed by atoms with Gasteiger partial charge in [-0.1, -0.05) is 158 Å². The molecule has 0 radical (unpaired) electrons. The van der Waals surface area contributed by atoms with Gasteiger partial charge in [0.1, 0.15) is 6.17 Å². The van der Waals surface area contributed by atoms with E-state index in [0.717, 1.165) is 29.9 Å². The monoisotopic (exact) mass is 842 g/mol. The molecule has 3 heterocycles. The Kier molecular flexibility index (Phi) is 7.48. The molecule has 2 aromatic heterocycles. The van der Waals surface area contributed by atoms with Crippen molar-refractivity contribution in [3.05, 3.63) is 211 Å². The summed E-state index contributed by atoms with van der Waals surface area (Å²) < 4.78 is 5.14. The van der Waals surface area contributed by atoms with Crippen molar-refractivity contribution in [2.24, 2.45) is 16.8 Å². The zero-order chi connectivity index (χ0) is 43.0. The predicted molar refractivity (Wildman–Crippen MR) is 279 cm³/mol. The molecule has 3 unspecified atom stereocenters. The van der Waals surface area contributed by atoms with E-state index in [1.54, 1.807) is 0 Å². The lowest BCUT2D eigenvalue weighted by Crippen LogP contribution is -2.35. The van der Waals surface area contributed by atoms with Crippen molar-refractivity contribution in [1.29, 1.82) is 0 Å². The zero-order valence-electron chi connectivity index (χ0n) is 36.1. The second kappa shape index (κ2) is 13.7. The van der Waals surface area contributed by atoms with E-state index in [1.165, 1.54) is 109 Å². The maximum atomic E-state index is 5.68. The van der Waals surface area contributed by atoms with E-state index in [9.17, 15) is 0 Å². The number of aliphatic imine (C=N–C) groups is 1. The Morgan fingerprint density at radius 2 is 1.12 bits per heavy atom. The summed E-state index contributed by atoms with van der Waals surface area (Å²) >= 11 is 0. The first-order chi connectivity index (χ1) is 32.7. The molecule has 0 amide bonds. The van der Waals surface area contributed by atoms with Crippen LogP contribution in [0, 0.1) is 11.8 Å². The van der Waals surface area contributed by atoms with Gasteiger partial charge in [-0.25, -0.2) is 0 Å². The van der Waals surface area contributed by atoms with Gasteiger partial charge in [0, 0.05) is 39.1 Å². The number of nitrogens with zero attached hydrogens (tertiary/aromatic N) is 3. The highest BCUT2D eigenvalue weighted by Gasteiger charge is 2.36. The standard InChI is InChI=1S/C62H42N4/c1-2-14-37(15-3-1)50-36-42(34-40-17-5-7-19-44(40)50)65-53-26-12-22-47-45-20-8-9-21-46(45)48-23-13-27-54-58(48)60-56(33-32-55(65)59(60)57(47)53)66(54)62-61(63-51-24-10-11-25-52(51)64-62)41-31-30-39-29-28-38-16-4-6-18-43(38)49(39)35-41/h1-29,32-36,39,41,62,64H,30-31H2. The minimum Gasteiger partial charge on any atom is -0.358 e. The molecule has 4 heteroatoms. The molecule has 0 fully saturated rings. The van der Waals surface area contributed by atoms with Crippen LogP contribution in [0.1, 0.15) is 30.1 Å². The summed E-state index contributed by atoms with van der Waals surface area (Å²) in [5.41, 5.74) is 15.7. The Morgan fingerprint density at radius 3 is 1.98 bits per heavy atom. The lowest BCUT2D eigenvalue weighted by Gasteiger charge is -2.36. The van der Waals surface area contributed by atoms with Crippen molar-refractivity contribution in [1.82, 2.24) is 9.13 Å². The summed E-state index contributed by atoms with van der Waals surface area (Å²) in [7, 11) is 0. The van der Waals surface area contributed by atoms with Crippen molar-refractivity contribution >= 4 is 105 Å². The van der Waals surface area contributed by atoms with Crippen LogP contribution in [0.5, 0.6) is 0 Å². The molecular weight excluding hydrogens is 801 g/mol. The van der Waals surface area contributed by atoms with Crippen LogP contribution in [0.15, 0.2) is 205 Å². The maximum Gasteiger partial charge on any atom is 0.144 e. The molecule has 0 saturated heterocycles. The number of aromatic nitrogens is 2. The zero-order valence-corrected chi connectivity index (χ0v) is 36.1. The fraction of sp³-hybridized carbons (Fsp3) is 0.0806. The normalized spacial score (nSPS) is 18.0. The molecule has 10 aromatic carbocycles. The first-order valence-electron chi connectivity index (χ1n) is 23.4. The van der Waals surface area contributed by atoms with Crippen LogP contribution in [-0.4, -0.2) is 14.8 Å². The van der Waals surface area contributed by atoms with Crippen LogP contribution in [-0.2, 0) is 0 Å². The second-order valence-electron chi connectivity index (χ2n) is 18.5. The van der Waals surface area contributed by atoms with Crippen LogP contribution in [0.4, 0.5) is 11.4 Å². The molecule has 310 valence electrons. The molecule has 1 N–H and O–H groups in total. The molecule has 3 aliphatic rings. The third-order valence-electron chi connectivity index (χ3n) is 15.2. The Balaban J connectivity index is 1.05. The molecule has 0 bridgehead atoms. The number of anilines is 1. The van der Waals surface area contributed by atoms with E-state index < -0.39 is 0 Å². The van der Waals surface area contributed by atoms with E-state index in [-0.39, 0.29) is 12.1 Å². The molecular formula is C62H42N4. The number of para-hydroxylation sites is 2. The Hall–Kier alpha value is -8.21. The molecule has 4 nitrogen and oxygen atoms in total. The maximum absolute atomic E-state index is 5.68. The van der Waals surface area contributed by atoms with Crippen molar-refractivity contribution < 1.29 is 0 Å². The van der Waals surface area contributed by atoms with Crippen LogP contribution in [0.25, 0.3) is 104 Å². The highest BCUT2D eigenvalue weighted by atomic mass is 15.2. The summed E-state index contributed by atoms with van der Waals surface area (Å²) in [5.74, 6) is 0.570. The number of rotatable bonds is 4. The Labute approximate surface area is 381 Å². The fourth-order valence-electron chi connectivity index (χ4n) is 12.3. The first kappa shape index (κ1) is 36.2. The lowest BCUT2D eigenvalue weighted by atomic mass is 9.74. The number of hydrogen-bond acceptors (Lipinski definition) is 2. The number of nitrogens with one attached hydrogen (secondary N) is 1. The van der Waals surface area contributed by atoms with Crippen molar-refractivity contribution in [2.45, 2.75) is 19.0 Å². The number of allylic oxidation sites excluding steroid dienone is 3. The number of benzene rings is 9. The van der Waals surface area contributed by atoms with Gasteiger partial charge in [0.05, 0.1) is 39.2 Å². The van der Waals surface area contributed by atoms with Gasteiger partial charge in [-0.2, -0.15) is 0 Å². The number of fused-ring (bicyclic) bond motifs is 8. The highest BCUT2D eigenvalue weighted by molar-refractivity contribution is 6.39. The van der Waals surface area contributed by atoms with Gasteiger partial charge in [0.2, 0.25) is 0 Å².